The Morgan fingerprint density at radius 1 is 1.29 bits per heavy atom. The van der Waals surface area contributed by atoms with Crippen molar-refractivity contribution in [3.05, 3.63) is 63.2 Å². The van der Waals surface area contributed by atoms with Crippen LogP contribution in [-0.4, -0.2) is 16.6 Å². The van der Waals surface area contributed by atoms with Crippen LogP contribution in [0.15, 0.2) is 44.7 Å². The van der Waals surface area contributed by atoms with E-state index in [1.807, 2.05) is 38.1 Å². The largest absolute Gasteiger partial charge is 0.453 e. The van der Waals surface area contributed by atoms with Gasteiger partial charge >= 0.3 is 0 Å². The second-order valence-corrected chi connectivity index (χ2v) is 6.69. The van der Waals surface area contributed by atoms with E-state index in [9.17, 15) is 14.0 Å². The van der Waals surface area contributed by atoms with E-state index in [2.05, 4.69) is 4.99 Å². The molecule has 0 atom stereocenters. The maximum atomic E-state index is 15.0. The number of benzene rings is 1. The molecule has 4 rings (SSSR count). The zero-order valence-corrected chi connectivity index (χ0v) is 15.9. The SMILES string of the molecule is CC=N/C(=C\C)c1cccc2c3c(oc12)-c1c(F)c(=O)c(C(C)=O)cn1CC3. The van der Waals surface area contributed by atoms with Gasteiger partial charge in [0.05, 0.1) is 11.3 Å². The van der Waals surface area contributed by atoms with E-state index in [-0.39, 0.29) is 11.3 Å². The molecule has 28 heavy (non-hydrogen) atoms. The molecular weight excluding hydrogens is 359 g/mol. The van der Waals surface area contributed by atoms with Crippen LogP contribution in [-0.2, 0) is 13.0 Å². The predicted molar refractivity (Wildman–Crippen MR) is 107 cm³/mol. The highest BCUT2D eigenvalue weighted by Gasteiger charge is 2.29. The lowest BCUT2D eigenvalue weighted by atomic mass is 9.99. The third-order valence-corrected chi connectivity index (χ3v) is 5.06. The van der Waals surface area contributed by atoms with Gasteiger partial charge in [0.15, 0.2) is 17.4 Å². The van der Waals surface area contributed by atoms with E-state index < -0.39 is 17.0 Å². The summed E-state index contributed by atoms with van der Waals surface area (Å²) >= 11 is 0. The fraction of sp³-hybridized carbons (Fsp3) is 0.227. The van der Waals surface area contributed by atoms with Gasteiger partial charge in [-0.3, -0.25) is 14.6 Å². The van der Waals surface area contributed by atoms with E-state index in [4.69, 9.17) is 4.42 Å². The van der Waals surface area contributed by atoms with Gasteiger partial charge in [-0.2, -0.15) is 0 Å². The first-order valence-electron chi connectivity index (χ1n) is 9.11. The van der Waals surface area contributed by atoms with E-state index >= 15 is 0 Å². The van der Waals surface area contributed by atoms with Crippen LogP contribution in [0.2, 0.25) is 0 Å². The highest BCUT2D eigenvalue weighted by molar-refractivity contribution is 5.97. The lowest BCUT2D eigenvalue weighted by molar-refractivity contribution is 0.101. The predicted octanol–water partition coefficient (Wildman–Crippen LogP) is 4.61. The summed E-state index contributed by atoms with van der Waals surface area (Å²) in [5.74, 6) is -1.06. The number of furan rings is 1. The van der Waals surface area contributed by atoms with Crippen molar-refractivity contribution in [2.75, 3.05) is 0 Å². The van der Waals surface area contributed by atoms with E-state index in [1.165, 1.54) is 13.1 Å². The number of carbonyl (C=O) groups is 1. The maximum Gasteiger partial charge on any atom is 0.228 e. The van der Waals surface area contributed by atoms with E-state index in [0.29, 0.717) is 24.3 Å². The molecule has 3 aromatic rings. The number of pyridine rings is 1. The van der Waals surface area contributed by atoms with Crippen LogP contribution in [0.5, 0.6) is 0 Å². The number of rotatable bonds is 3. The lowest BCUT2D eigenvalue weighted by Crippen LogP contribution is -2.24. The van der Waals surface area contributed by atoms with Crippen molar-refractivity contribution in [3.63, 3.8) is 0 Å². The van der Waals surface area contributed by atoms with Crippen LogP contribution in [0, 0.1) is 5.82 Å². The molecular formula is C22H19FN2O3. The number of halogens is 1. The van der Waals surface area contributed by atoms with Gasteiger partial charge < -0.3 is 8.98 Å². The van der Waals surface area contributed by atoms with Crippen molar-refractivity contribution in [1.82, 2.24) is 4.57 Å². The molecule has 0 saturated carbocycles. The van der Waals surface area contributed by atoms with Crippen molar-refractivity contribution < 1.29 is 13.6 Å². The first-order chi connectivity index (χ1) is 13.5. The van der Waals surface area contributed by atoms with Gasteiger partial charge in [0.2, 0.25) is 5.43 Å². The highest BCUT2D eigenvalue weighted by atomic mass is 19.1. The fourth-order valence-electron chi connectivity index (χ4n) is 3.77. The number of aliphatic imine (C=N–C) groups is 1. The number of hydrogen-bond donors (Lipinski definition) is 0. The Hall–Kier alpha value is -3.28. The van der Waals surface area contributed by atoms with Crippen LogP contribution in [0.4, 0.5) is 4.39 Å². The highest BCUT2D eigenvalue weighted by Crippen LogP contribution is 2.40. The summed E-state index contributed by atoms with van der Waals surface area (Å²) in [6.07, 6.45) is 5.63. The van der Waals surface area contributed by atoms with Crippen molar-refractivity contribution in [2.45, 2.75) is 33.7 Å². The summed E-state index contributed by atoms with van der Waals surface area (Å²) in [5.41, 5.74) is 2.10. The number of aromatic nitrogens is 1. The van der Waals surface area contributed by atoms with Crippen molar-refractivity contribution in [2.24, 2.45) is 4.99 Å². The molecule has 1 aliphatic heterocycles. The Kier molecular flexibility index (Phi) is 4.34. The molecule has 0 saturated heterocycles. The minimum atomic E-state index is -0.952. The molecule has 0 spiro atoms. The van der Waals surface area contributed by atoms with Crippen LogP contribution in [0.1, 0.15) is 42.3 Å². The molecule has 1 aromatic carbocycles. The Morgan fingerprint density at radius 3 is 2.75 bits per heavy atom. The number of Topliss-reactive ketones (excluding diaryl/α,β-unsaturated/α-hetero) is 1. The minimum Gasteiger partial charge on any atom is -0.453 e. The zero-order valence-electron chi connectivity index (χ0n) is 15.9. The molecule has 0 radical (unpaired) electrons. The third-order valence-electron chi connectivity index (χ3n) is 5.06. The quantitative estimate of drug-likeness (QED) is 0.494. The minimum absolute atomic E-state index is 0.0967. The molecule has 142 valence electrons. The molecule has 5 nitrogen and oxygen atoms in total. The van der Waals surface area contributed by atoms with E-state index in [1.54, 1.807) is 10.8 Å². The molecule has 0 N–H and O–H groups in total. The summed E-state index contributed by atoms with van der Waals surface area (Å²) in [5, 5.41) is 0.881. The molecule has 0 aliphatic carbocycles. The van der Waals surface area contributed by atoms with Crippen molar-refractivity contribution >= 4 is 28.7 Å². The molecule has 0 fully saturated rings. The number of nitrogens with zero attached hydrogens (tertiary/aromatic N) is 2. The maximum absolute atomic E-state index is 15.0. The third kappa shape index (κ3) is 2.56. The van der Waals surface area contributed by atoms with Gasteiger partial charge in [-0.05, 0) is 33.3 Å². The number of carbonyl (C=O) groups excluding carboxylic acids is 1. The number of aryl methyl sites for hydroxylation is 2. The Labute approximate surface area is 160 Å². The smallest absolute Gasteiger partial charge is 0.228 e. The van der Waals surface area contributed by atoms with Crippen molar-refractivity contribution in [1.29, 1.82) is 0 Å². The summed E-state index contributed by atoms with van der Waals surface area (Å²) in [6, 6.07) is 5.75. The van der Waals surface area contributed by atoms with Gasteiger partial charge in [-0.1, -0.05) is 18.2 Å². The van der Waals surface area contributed by atoms with Gasteiger partial charge in [0.25, 0.3) is 0 Å². The standard InChI is InChI=1S/C22H19FN2O3/c1-4-17(24-5-2)15-8-6-7-13-14-9-10-25-11-16(12(3)26)20(27)18(23)19(25)22(14)28-21(13)15/h4-8,11H,9-10H2,1-3H3/b17-4-,24-5?. The number of ketones is 1. The molecule has 6 heteroatoms. The Bertz CT molecular complexity index is 1240. The first-order valence-corrected chi connectivity index (χ1v) is 9.11. The molecule has 3 heterocycles. The normalized spacial score (nSPS) is 13.8. The van der Waals surface area contributed by atoms with E-state index in [0.717, 1.165) is 22.2 Å². The molecule has 2 aromatic heterocycles. The van der Waals surface area contributed by atoms with Crippen molar-refractivity contribution in [3.8, 4) is 11.5 Å². The lowest BCUT2D eigenvalue weighted by Gasteiger charge is -2.19. The molecule has 1 aliphatic rings. The van der Waals surface area contributed by atoms with Crippen LogP contribution in [0.25, 0.3) is 28.1 Å². The monoisotopic (exact) mass is 378 g/mol. The van der Waals surface area contributed by atoms with Gasteiger partial charge in [-0.25, -0.2) is 4.39 Å². The number of para-hydroxylation sites is 1. The topological polar surface area (TPSA) is 64.6 Å². The summed E-state index contributed by atoms with van der Waals surface area (Å²) in [7, 11) is 0. The van der Waals surface area contributed by atoms with Gasteiger partial charge in [0.1, 0.15) is 11.3 Å². The van der Waals surface area contributed by atoms with Gasteiger partial charge in [-0.15, -0.1) is 0 Å². The average molecular weight is 378 g/mol. The van der Waals surface area contributed by atoms with Crippen LogP contribution in [0.3, 0.4) is 0 Å². The zero-order chi connectivity index (χ0) is 20.0. The first kappa shape index (κ1) is 18.1. The average Bonchev–Trinajstić information content (AvgIpc) is 3.07. The Morgan fingerprint density at radius 2 is 2.07 bits per heavy atom. The number of allylic oxidation sites excluding steroid dienone is 1. The van der Waals surface area contributed by atoms with Gasteiger partial charge in [0, 0.05) is 35.5 Å². The summed E-state index contributed by atoms with van der Waals surface area (Å²) < 4.78 is 22.7. The molecule has 0 bridgehead atoms. The van der Waals surface area contributed by atoms with Crippen LogP contribution >= 0.6 is 0 Å². The number of hydrogen-bond acceptors (Lipinski definition) is 4. The second-order valence-electron chi connectivity index (χ2n) is 6.69. The summed E-state index contributed by atoms with van der Waals surface area (Å²) in [4.78, 5) is 28.4. The molecule has 0 unspecified atom stereocenters. The second kappa shape index (κ2) is 6.71. The summed E-state index contributed by atoms with van der Waals surface area (Å²) in [6.45, 7) is 5.45. The number of fused-ring (bicyclic) bond motifs is 5. The fourth-order valence-corrected chi connectivity index (χ4v) is 3.77. The Balaban J connectivity index is 2.04. The van der Waals surface area contributed by atoms with Crippen LogP contribution < -0.4 is 5.43 Å². The molecule has 0 amide bonds.